The van der Waals surface area contributed by atoms with Crippen molar-refractivity contribution in [1.29, 1.82) is 0 Å². The molecule has 0 aliphatic carbocycles. The molecule has 0 aliphatic heterocycles. The first-order valence-corrected chi connectivity index (χ1v) is 11.1. The largest absolute Gasteiger partial charge is 0.495 e. The third-order valence-electron chi connectivity index (χ3n) is 3.50. The van der Waals surface area contributed by atoms with Crippen LogP contribution in [0.4, 0.5) is 10.8 Å². The molecule has 0 unspecified atom stereocenters. The van der Waals surface area contributed by atoms with Gasteiger partial charge in [0, 0.05) is 15.1 Å². The van der Waals surface area contributed by atoms with E-state index in [9.17, 15) is 9.59 Å². The van der Waals surface area contributed by atoms with Gasteiger partial charge >= 0.3 is 0 Å². The minimum absolute atomic E-state index is 0.116. The minimum atomic E-state index is -0.281. The van der Waals surface area contributed by atoms with E-state index in [1.165, 1.54) is 30.2 Å². The van der Waals surface area contributed by atoms with Gasteiger partial charge in [-0.1, -0.05) is 50.6 Å². The van der Waals surface area contributed by atoms with Crippen molar-refractivity contribution in [2.24, 2.45) is 0 Å². The van der Waals surface area contributed by atoms with Crippen molar-refractivity contribution in [3.05, 3.63) is 57.5 Å². The second-order valence-corrected chi connectivity index (χ2v) is 9.07. The summed E-state index contributed by atoms with van der Waals surface area (Å²) in [5.41, 5.74) is 0.998. The van der Waals surface area contributed by atoms with Crippen molar-refractivity contribution in [3.8, 4) is 5.75 Å². The van der Waals surface area contributed by atoms with E-state index in [4.69, 9.17) is 16.3 Å². The average molecular weight is 514 g/mol. The van der Waals surface area contributed by atoms with Gasteiger partial charge in [-0.3, -0.25) is 14.9 Å². The maximum atomic E-state index is 12.2. The monoisotopic (exact) mass is 512 g/mol. The van der Waals surface area contributed by atoms with Crippen molar-refractivity contribution in [1.82, 2.24) is 10.2 Å². The summed E-state index contributed by atoms with van der Waals surface area (Å²) in [7, 11) is 1.51. The number of nitrogens with one attached hydrogen (secondary N) is 2. The Balaban J connectivity index is 1.54. The molecule has 2 aromatic carbocycles. The Hall–Kier alpha value is -2.14. The first-order valence-electron chi connectivity index (χ1n) is 8.11. The number of ether oxygens (including phenoxy) is 1. The summed E-state index contributed by atoms with van der Waals surface area (Å²) in [6.45, 7) is 0. The van der Waals surface area contributed by atoms with E-state index in [0.717, 1.165) is 4.47 Å². The predicted octanol–water partition coefficient (Wildman–Crippen LogP) is 4.95. The molecule has 29 heavy (non-hydrogen) atoms. The van der Waals surface area contributed by atoms with Crippen LogP contribution in [0.1, 0.15) is 10.4 Å². The number of hydrogen-bond acceptors (Lipinski definition) is 7. The average Bonchev–Trinajstić information content (AvgIpc) is 3.14. The highest BCUT2D eigenvalue weighted by atomic mass is 79.9. The zero-order chi connectivity index (χ0) is 20.8. The summed E-state index contributed by atoms with van der Waals surface area (Å²) < 4.78 is 6.65. The smallest absolute Gasteiger partial charge is 0.257 e. The van der Waals surface area contributed by atoms with E-state index in [1.807, 2.05) is 0 Å². The van der Waals surface area contributed by atoms with Gasteiger partial charge < -0.3 is 10.1 Å². The molecule has 0 spiro atoms. The first-order chi connectivity index (χ1) is 13.9. The molecule has 1 heterocycles. The number of rotatable bonds is 7. The predicted molar refractivity (Wildman–Crippen MR) is 119 cm³/mol. The topological polar surface area (TPSA) is 93.2 Å². The van der Waals surface area contributed by atoms with E-state index in [1.54, 1.807) is 42.5 Å². The van der Waals surface area contributed by atoms with Gasteiger partial charge in [0.1, 0.15) is 5.75 Å². The van der Waals surface area contributed by atoms with Crippen LogP contribution in [0.5, 0.6) is 5.75 Å². The molecule has 11 heteroatoms. The molecule has 2 amide bonds. The zero-order valence-electron chi connectivity index (χ0n) is 14.9. The summed E-state index contributed by atoms with van der Waals surface area (Å²) >= 11 is 11.7. The van der Waals surface area contributed by atoms with Gasteiger partial charge in [-0.15, -0.1) is 10.2 Å². The molecule has 0 radical (unpaired) electrons. The maximum Gasteiger partial charge on any atom is 0.257 e. The fourth-order valence-corrected chi connectivity index (χ4v) is 4.16. The number of carbonyl (C=O) groups excluding carboxylic acids is 2. The number of methoxy groups -OCH3 is 1. The van der Waals surface area contributed by atoms with E-state index >= 15 is 0 Å². The van der Waals surface area contributed by atoms with Crippen LogP contribution in [-0.2, 0) is 4.79 Å². The number of amides is 2. The van der Waals surface area contributed by atoms with Crippen molar-refractivity contribution in [2.45, 2.75) is 4.34 Å². The highest BCUT2D eigenvalue weighted by Gasteiger charge is 2.13. The molecule has 3 aromatic rings. The first kappa shape index (κ1) is 21.6. The SMILES string of the molecule is COc1ccc(Cl)cc1NC(=O)CSc1nnc(NC(=O)c2ccc(Br)cc2)s1. The summed E-state index contributed by atoms with van der Waals surface area (Å²) in [6.07, 6.45) is 0. The lowest BCUT2D eigenvalue weighted by Gasteiger charge is -2.09. The zero-order valence-corrected chi connectivity index (χ0v) is 18.9. The molecule has 0 aliphatic rings. The molecule has 0 saturated carbocycles. The van der Waals surface area contributed by atoms with E-state index in [0.29, 0.717) is 31.5 Å². The Morgan fingerprint density at radius 2 is 1.93 bits per heavy atom. The molecule has 0 bridgehead atoms. The molecule has 0 fully saturated rings. The number of carbonyl (C=O) groups is 2. The van der Waals surface area contributed by atoms with Gasteiger partial charge in [0.15, 0.2) is 4.34 Å². The van der Waals surface area contributed by atoms with Gasteiger partial charge in [0.25, 0.3) is 5.91 Å². The summed E-state index contributed by atoms with van der Waals surface area (Å²) in [5.74, 6) is 0.106. The number of aromatic nitrogens is 2. The summed E-state index contributed by atoms with van der Waals surface area (Å²) in [4.78, 5) is 24.4. The van der Waals surface area contributed by atoms with E-state index in [2.05, 4.69) is 36.8 Å². The van der Waals surface area contributed by atoms with Crippen molar-refractivity contribution in [2.75, 3.05) is 23.5 Å². The molecule has 2 N–H and O–H groups in total. The third-order valence-corrected chi connectivity index (χ3v) is 6.23. The second-order valence-electron chi connectivity index (χ2n) is 5.52. The molecule has 1 aromatic heterocycles. The van der Waals surface area contributed by atoms with Gasteiger partial charge in [0.2, 0.25) is 11.0 Å². The number of halogens is 2. The van der Waals surface area contributed by atoms with E-state index in [-0.39, 0.29) is 17.6 Å². The number of nitrogens with zero attached hydrogens (tertiary/aromatic N) is 2. The highest BCUT2D eigenvalue weighted by Crippen LogP contribution is 2.29. The second kappa shape index (κ2) is 10.1. The fraction of sp³-hybridized carbons (Fsp3) is 0.111. The lowest BCUT2D eigenvalue weighted by molar-refractivity contribution is -0.113. The van der Waals surface area contributed by atoms with Crippen LogP contribution in [0.2, 0.25) is 5.02 Å². The Bertz CT molecular complexity index is 1030. The molecule has 150 valence electrons. The molecular weight excluding hydrogens is 500 g/mol. The maximum absolute atomic E-state index is 12.2. The van der Waals surface area contributed by atoms with Gasteiger partial charge in [-0.2, -0.15) is 0 Å². The molecule has 0 atom stereocenters. The fourth-order valence-electron chi connectivity index (χ4n) is 2.18. The third kappa shape index (κ3) is 6.17. The highest BCUT2D eigenvalue weighted by molar-refractivity contribution is 9.10. The number of anilines is 2. The van der Waals surface area contributed by atoms with Gasteiger partial charge in [-0.25, -0.2) is 0 Å². The number of benzene rings is 2. The Labute approximate surface area is 188 Å². The van der Waals surface area contributed by atoms with Crippen LogP contribution in [0, 0.1) is 0 Å². The molecule has 3 rings (SSSR count). The standard InChI is InChI=1S/C18H14BrClN4O3S2/c1-27-14-7-6-12(20)8-13(14)21-15(25)9-28-18-24-23-17(29-18)22-16(26)10-2-4-11(19)5-3-10/h2-8H,9H2,1H3,(H,21,25)(H,22,23,26). The van der Waals surface area contributed by atoms with Crippen LogP contribution in [0.25, 0.3) is 0 Å². The molecule has 7 nitrogen and oxygen atoms in total. The lowest BCUT2D eigenvalue weighted by Crippen LogP contribution is -2.14. The van der Waals surface area contributed by atoms with Crippen LogP contribution < -0.4 is 15.4 Å². The van der Waals surface area contributed by atoms with Crippen molar-refractivity contribution in [3.63, 3.8) is 0 Å². The van der Waals surface area contributed by atoms with Gasteiger partial charge in [0.05, 0.1) is 18.6 Å². The van der Waals surface area contributed by atoms with E-state index < -0.39 is 0 Å². The Morgan fingerprint density at radius 1 is 1.17 bits per heavy atom. The lowest BCUT2D eigenvalue weighted by atomic mass is 10.2. The van der Waals surface area contributed by atoms with Crippen molar-refractivity contribution >= 4 is 73.3 Å². The van der Waals surface area contributed by atoms with Crippen LogP contribution in [0.3, 0.4) is 0 Å². The van der Waals surface area contributed by atoms with Gasteiger partial charge in [-0.05, 0) is 42.5 Å². The Kier molecular flexibility index (Phi) is 7.48. The summed E-state index contributed by atoms with van der Waals surface area (Å²) in [5, 5.41) is 14.2. The Morgan fingerprint density at radius 3 is 2.66 bits per heavy atom. The van der Waals surface area contributed by atoms with Crippen LogP contribution in [-0.4, -0.2) is 34.9 Å². The van der Waals surface area contributed by atoms with Crippen LogP contribution >= 0.6 is 50.6 Å². The molecule has 0 saturated heterocycles. The summed E-state index contributed by atoms with van der Waals surface area (Å²) in [6, 6.07) is 11.9. The number of hydrogen-bond donors (Lipinski definition) is 2. The molecular formula is C18H14BrClN4O3S2. The number of thioether (sulfide) groups is 1. The van der Waals surface area contributed by atoms with Crippen molar-refractivity contribution < 1.29 is 14.3 Å². The normalized spacial score (nSPS) is 10.4. The van der Waals surface area contributed by atoms with Crippen LogP contribution in [0.15, 0.2) is 51.3 Å². The minimum Gasteiger partial charge on any atom is -0.495 e. The quantitative estimate of drug-likeness (QED) is 0.343.